The van der Waals surface area contributed by atoms with Gasteiger partial charge in [0, 0.05) is 25.5 Å². The third-order valence-electron chi connectivity index (χ3n) is 4.52. The zero-order valence-corrected chi connectivity index (χ0v) is 20.2. The largest absolute Gasteiger partial charge is 0.378 e. The Labute approximate surface area is 180 Å². The van der Waals surface area contributed by atoms with Crippen LogP contribution in [0.2, 0.25) is 0 Å². The van der Waals surface area contributed by atoms with Crippen molar-refractivity contribution in [2.24, 2.45) is 0 Å². The lowest BCUT2D eigenvalue weighted by Gasteiger charge is -2.28. The molecule has 0 saturated carbocycles. The topological polar surface area (TPSA) is 19.9 Å². The zero-order valence-electron chi connectivity index (χ0n) is 18.5. The smallest absolute Gasteiger partial charge is 0.130 e. The molecule has 0 saturated heterocycles. The van der Waals surface area contributed by atoms with Crippen molar-refractivity contribution in [3.63, 3.8) is 0 Å². The van der Waals surface area contributed by atoms with E-state index in [9.17, 15) is 0 Å². The van der Waals surface area contributed by atoms with E-state index in [1.165, 1.54) is 41.4 Å². The van der Waals surface area contributed by atoms with Gasteiger partial charge in [-0.25, -0.2) is 0 Å². The van der Waals surface area contributed by atoms with Crippen LogP contribution in [0.4, 0.5) is 5.69 Å². The Morgan fingerprint density at radius 2 is 1.79 bits per heavy atom. The summed E-state index contributed by atoms with van der Waals surface area (Å²) in [6, 6.07) is 8.62. The number of rotatable bonds is 13. The molecule has 156 valence electrons. The van der Waals surface area contributed by atoms with Gasteiger partial charge in [0.05, 0.1) is 32.6 Å². The number of hydrogen-bond donors (Lipinski definition) is 1. The highest BCUT2D eigenvalue weighted by Gasteiger charge is 2.14. The van der Waals surface area contributed by atoms with Gasteiger partial charge in [0.15, 0.2) is 0 Å². The van der Waals surface area contributed by atoms with Crippen LogP contribution in [0.1, 0.15) is 19.4 Å². The first-order valence-corrected chi connectivity index (χ1v) is 12.5. The van der Waals surface area contributed by atoms with Crippen LogP contribution < -0.4 is 10.2 Å². The first-order chi connectivity index (χ1) is 13.4. The number of nitrogens with zero attached hydrogens (tertiary/aromatic N) is 2. The molecular formula is C23H39N3S2+2. The Kier molecular flexibility index (Phi) is 12.4. The summed E-state index contributed by atoms with van der Waals surface area (Å²) in [4.78, 5) is 2.12. The van der Waals surface area contributed by atoms with Crippen molar-refractivity contribution in [3.05, 3.63) is 59.8 Å². The molecule has 0 atom stereocenters. The van der Waals surface area contributed by atoms with E-state index >= 15 is 0 Å². The molecule has 1 aromatic rings. The fraction of sp³-hybridized carbons (Fsp3) is 0.478. The van der Waals surface area contributed by atoms with Gasteiger partial charge in [-0.05, 0) is 36.3 Å². The van der Waals surface area contributed by atoms with Crippen LogP contribution in [0.25, 0.3) is 6.08 Å². The van der Waals surface area contributed by atoms with Crippen molar-refractivity contribution in [1.29, 1.82) is 0 Å². The monoisotopic (exact) mass is 421 g/mol. The molecule has 0 spiro atoms. The Morgan fingerprint density at radius 3 is 2.39 bits per heavy atom. The molecule has 0 amide bonds. The maximum absolute atomic E-state index is 2.33. The molecule has 2 N–H and O–H groups in total. The normalized spacial score (nSPS) is 13.0. The Bertz CT molecular complexity index is 632. The zero-order chi connectivity index (χ0) is 20.8. The molecule has 1 aromatic carbocycles. The van der Waals surface area contributed by atoms with Gasteiger partial charge in [-0.1, -0.05) is 58.9 Å². The number of quaternary nitrogens is 2. The van der Waals surface area contributed by atoms with Crippen molar-refractivity contribution in [2.45, 2.75) is 13.8 Å². The van der Waals surface area contributed by atoms with E-state index in [0.29, 0.717) is 0 Å². The van der Waals surface area contributed by atoms with Gasteiger partial charge in [-0.3, -0.25) is 0 Å². The molecule has 1 rings (SSSR count). The average molecular weight is 422 g/mol. The molecule has 5 heteroatoms. The number of hydrogen-bond acceptors (Lipinski definition) is 3. The van der Waals surface area contributed by atoms with Crippen molar-refractivity contribution in [1.82, 2.24) is 0 Å². The number of benzene rings is 1. The average Bonchev–Trinajstić information content (AvgIpc) is 2.67. The molecule has 0 aromatic heterocycles. The second-order valence-corrected chi connectivity index (χ2v) is 10.5. The van der Waals surface area contributed by atoms with Crippen molar-refractivity contribution in [3.8, 4) is 0 Å². The standard InChI is InChI=1S/C23H38N3S2/c1-7-21(9-10-22-11-13-23(14-12-22)25(3)4)15-16-24-17-18-26(5,6)19-20-28-27-8-2/h7,9-16,24H,8,17-20H2,1-6H3/q+1/p+1/b10-9+,16-15-,21-7-. The minimum absolute atomic E-state index is 1.08. The maximum atomic E-state index is 2.33. The van der Waals surface area contributed by atoms with Gasteiger partial charge < -0.3 is 14.7 Å². The van der Waals surface area contributed by atoms with Crippen LogP contribution in [-0.2, 0) is 0 Å². The number of anilines is 1. The quantitative estimate of drug-likeness (QED) is 0.222. The fourth-order valence-corrected chi connectivity index (χ4v) is 4.49. The molecule has 0 bridgehead atoms. The van der Waals surface area contributed by atoms with Crippen molar-refractivity contribution in [2.75, 3.05) is 64.2 Å². The second-order valence-electron chi connectivity index (χ2n) is 7.60. The van der Waals surface area contributed by atoms with Crippen molar-refractivity contribution < 1.29 is 9.80 Å². The number of allylic oxidation sites excluding steroid dienone is 4. The summed E-state index contributed by atoms with van der Waals surface area (Å²) in [6.07, 6.45) is 10.9. The van der Waals surface area contributed by atoms with E-state index in [1.54, 1.807) is 0 Å². The second kappa shape index (κ2) is 13.9. The molecule has 0 heterocycles. The van der Waals surface area contributed by atoms with Crippen LogP contribution in [0.5, 0.6) is 0 Å². The van der Waals surface area contributed by atoms with Gasteiger partial charge in [0.2, 0.25) is 0 Å². The fourth-order valence-electron chi connectivity index (χ4n) is 2.56. The third kappa shape index (κ3) is 11.0. The molecule has 0 radical (unpaired) electrons. The van der Waals surface area contributed by atoms with E-state index in [-0.39, 0.29) is 0 Å². The highest BCUT2D eigenvalue weighted by Crippen LogP contribution is 2.20. The lowest BCUT2D eigenvalue weighted by molar-refractivity contribution is -0.897. The molecule has 0 aliphatic rings. The highest BCUT2D eigenvalue weighted by molar-refractivity contribution is 8.76. The van der Waals surface area contributed by atoms with Crippen LogP contribution in [-0.4, -0.2) is 63.8 Å². The van der Waals surface area contributed by atoms with Gasteiger partial charge in [0.25, 0.3) is 0 Å². The first-order valence-electron chi connectivity index (χ1n) is 10.1. The molecule has 0 aliphatic heterocycles. The van der Waals surface area contributed by atoms with E-state index in [4.69, 9.17) is 0 Å². The lowest BCUT2D eigenvalue weighted by atomic mass is 10.1. The number of nitrogens with two attached hydrogens (primary N) is 1. The number of likely N-dealkylation sites (N-methyl/N-ethyl adjacent to an activating group) is 1. The maximum Gasteiger partial charge on any atom is 0.130 e. The summed E-state index contributed by atoms with van der Waals surface area (Å²) in [7, 11) is 12.7. The summed E-state index contributed by atoms with van der Waals surface area (Å²) in [5, 5.41) is 2.29. The Morgan fingerprint density at radius 1 is 1.07 bits per heavy atom. The van der Waals surface area contributed by atoms with Crippen LogP contribution in [0.3, 0.4) is 0 Å². The van der Waals surface area contributed by atoms with Crippen LogP contribution >= 0.6 is 21.6 Å². The first kappa shape index (κ1) is 24.9. The molecule has 0 aliphatic carbocycles. The van der Waals surface area contributed by atoms with E-state index < -0.39 is 0 Å². The Balaban J connectivity index is 2.39. The van der Waals surface area contributed by atoms with Crippen LogP contribution in [0.15, 0.2) is 54.3 Å². The minimum atomic E-state index is 1.08. The summed E-state index contributed by atoms with van der Waals surface area (Å²) >= 11 is 0. The minimum Gasteiger partial charge on any atom is -0.378 e. The summed E-state index contributed by atoms with van der Waals surface area (Å²) in [5.41, 5.74) is 3.68. The van der Waals surface area contributed by atoms with E-state index in [0.717, 1.165) is 11.0 Å². The summed E-state index contributed by atoms with van der Waals surface area (Å²) in [5.74, 6) is 2.42. The molecule has 3 nitrogen and oxygen atoms in total. The van der Waals surface area contributed by atoms with Crippen LogP contribution in [0, 0.1) is 0 Å². The molecule has 0 fully saturated rings. The van der Waals surface area contributed by atoms with Crippen molar-refractivity contribution >= 4 is 33.4 Å². The third-order valence-corrected chi connectivity index (χ3v) is 6.98. The van der Waals surface area contributed by atoms with E-state index in [1.807, 2.05) is 21.6 Å². The predicted octanol–water partition coefficient (Wildman–Crippen LogP) is 4.27. The van der Waals surface area contributed by atoms with Gasteiger partial charge in [0.1, 0.15) is 13.1 Å². The molecule has 0 unspecified atom stereocenters. The Hall–Kier alpha value is -1.14. The van der Waals surface area contributed by atoms with E-state index in [2.05, 4.69) is 107 Å². The summed E-state index contributed by atoms with van der Waals surface area (Å²) in [6.45, 7) is 7.83. The SMILES string of the molecule is C/C=C(\C=C/[NH2+]CC[N+](C)(C)CCSSCC)/C=C/c1ccc(N(C)C)cc1. The van der Waals surface area contributed by atoms with Gasteiger partial charge in [-0.15, -0.1) is 0 Å². The predicted molar refractivity (Wildman–Crippen MR) is 132 cm³/mol. The molecular weight excluding hydrogens is 382 g/mol. The van der Waals surface area contributed by atoms with Gasteiger partial charge in [-0.2, -0.15) is 0 Å². The van der Waals surface area contributed by atoms with Gasteiger partial charge >= 0.3 is 0 Å². The molecule has 28 heavy (non-hydrogen) atoms. The highest BCUT2D eigenvalue weighted by atomic mass is 33.1. The lowest BCUT2D eigenvalue weighted by Crippen LogP contribution is -2.80. The summed E-state index contributed by atoms with van der Waals surface area (Å²) < 4.78 is 1.08.